The Morgan fingerprint density at radius 2 is 1.77 bits per heavy atom. The highest BCUT2D eigenvalue weighted by molar-refractivity contribution is 5.69. The summed E-state index contributed by atoms with van der Waals surface area (Å²) in [7, 11) is 1.67. The molecule has 1 aliphatic heterocycles. The van der Waals surface area contributed by atoms with Gasteiger partial charge in [-0.3, -0.25) is 0 Å². The Kier molecular flexibility index (Phi) is 4.44. The second-order valence-electron chi connectivity index (χ2n) is 6.47. The van der Waals surface area contributed by atoms with Crippen LogP contribution in [0, 0.1) is 5.82 Å². The topological polar surface area (TPSA) is 12.5 Å². The minimum Gasteiger partial charge on any atom is -0.497 e. The third-order valence-electron chi connectivity index (χ3n) is 4.70. The summed E-state index contributed by atoms with van der Waals surface area (Å²) in [5.41, 5.74) is 4.87. The molecule has 26 heavy (non-hydrogen) atoms. The Morgan fingerprint density at radius 3 is 2.50 bits per heavy atom. The predicted octanol–water partition coefficient (Wildman–Crippen LogP) is 5.49. The third-order valence-corrected chi connectivity index (χ3v) is 4.70. The molecule has 1 heterocycles. The lowest BCUT2D eigenvalue weighted by Gasteiger charge is -2.26. The molecule has 0 N–H and O–H groups in total. The maximum absolute atomic E-state index is 14.5. The van der Waals surface area contributed by atoms with E-state index in [4.69, 9.17) is 4.74 Å². The van der Waals surface area contributed by atoms with Gasteiger partial charge < -0.3 is 9.64 Å². The lowest BCUT2D eigenvalue weighted by molar-refractivity contribution is 0.359. The molecule has 0 bridgehead atoms. The smallest absolute Gasteiger partial charge is 0.131 e. The van der Waals surface area contributed by atoms with E-state index in [1.54, 1.807) is 13.2 Å². The van der Waals surface area contributed by atoms with Gasteiger partial charge in [-0.15, -0.1) is 0 Å². The fourth-order valence-corrected chi connectivity index (χ4v) is 3.30. The SMILES string of the molecule is COc1ccc(CN2C=Cc3cc(F)c(-c4ccccc4)cc3C2)cc1. The summed E-state index contributed by atoms with van der Waals surface area (Å²) in [4.78, 5) is 2.23. The predicted molar refractivity (Wildman–Crippen MR) is 103 cm³/mol. The van der Waals surface area contributed by atoms with Crippen molar-refractivity contribution < 1.29 is 9.13 Å². The first-order valence-electron chi connectivity index (χ1n) is 8.66. The van der Waals surface area contributed by atoms with Crippen molar-refractivity contribution >= 4 is 6.08 Å². The van der Waals surface area contributed by atoms with Crippen LogP contribution in [0.2, 0.25) is 0 Å². The van der Waals surface area contributed by atoms with Crippen molar-refractivity contribution in [3.8, 4) is 16.9 Å². The molecule has 0 atom stereocenters. The summed E-state index contributed by atoms with van der Waals surface area (Å²) < 4.78 is 19.7. The van der Waals surface area contributed by atoms with Crippen LogP contribution >= 0.6 is 0 Å². The molecule has 3 aromatic rings. The second-order valence-corrected chi connectivity index (χ2v) is 6.47. The van der Waals surface area contributed by atoms with Crippen molar-refractivity contribution in [2.24, 2.45) is 0 Å². The molecule has 0 aromatic heterocycles. The molecule has 0 unspecified atom stereocenters. The number of rotatable bonds is 4. The first kappa shape index (κ1) is 16.4. The lowest BCUT2D eigenvalue weighted by atomic mass is 9.96. The fraction of sp³-hybridized carbons (Fsp3) is 0.130. The van der Waals surface area contributed by atoms with Crippen LogP contribution in [0.1, 0.15) is 16.7 Å². The first-order valence-corrected chi connectivity index (χ1v) is 8.66. The van der Waals surface area contributed by atoms with Crippen molar-refractivity contribution in [3.63, 3.8) is 0 Å². The highest BCUT2D eigenvalue weighted by Gasteiger charge is 2.15. The van der Waals surface area contributed by atoms with Crippen LogP contribution in [0.4, 0.5) is 4.39 Å². The van der Waals surface area contributed by atoms with Gasteiger partial charge in [0, 0.05) is 24.9 Å². The van der Waals surface area contributed by atoms with Crippen molar-refractivity contribution in [2.45, 2.75) is 13.1 Å². The summed E-state index contributed by atoms with van der Waals surface area (Å²) in [6, 6.07) is 21.4. The van der Waals surface area contributed by atoms with E-state index in [1.165, 1.54) is 5.56 Å². The van der Waals surface area contributed by atoms with Gasteiger partial charge >= 0.3 is 0 Å². The van der Waals surface area contributed by atoms with Gasteiger partial charge in [-0.2, -0.15) is 0 Å². The van der Waals surface area contributed by atoms with E-state index in [0.717, 1.165) is 35.5 Å². The summed E-state index contributed by atoms with van der Waals surface area (Å²) in [6.07, 6.45) is 4.02. The number of benzene rings is 3. The number of hydrogen-bond acceptors (Lipinski definition) is 2. The molecule has 0 aliphatic carbocycles. The number of nitrogens with zero attached hydrogens (tertiary/aromatic N) is 1. The van der Waals surface area contributed by atoms with Gasteiger partial charge in [0.15, 0.2) is 0 Å². The summed E-state index contributed by atoms with van der Waals surface area (Å²) in [5.74, 6) is 0.680. The molecular weight excluding hydrogens is 325 g/mol. The zero-order valence-electron chi connectivity index (χ0n) is 14.7. The van der Waals surface area contributed by atoms with Crippen LogP contribution in [-0.2, 0) is 13.1 Å². The molecule has 3 heteroatoms. The van der Waals surface area contributed by atoms with Gasteiger partial charge in [0.1, 0.15) is 11.6 Å². The van der Waals surface area contributed by atoms with Crippen molar-refractivity contribution in [3.05, 3.63) is 95.4 Å². The molecule has 0 radical (unpaired) electrons. The quantitative estimate of drug-likeness (QED) is 0.620. The van der Waals surface area contributed by atoms with Gasteiger partial charge in [-0.1, -0.05) is 42.5 Å². The molecule has 4 rings (SSSR count). The number of halogens is 1. The van der Waals surface area contributed by atoms with Gasteiger partial charge in [-0.25, -0.2) is 4.39 Å². The molecule has 0 saturated heterocycles. The average Bonchev–Trinajstić information content (AvgIpc) is 2.69. The molecule has 0 amide bonds. The van der Waals surface area contributed by atoms with Crippen LogP contribution in [0.25, 0.3) is 17.2 Å². The second kappa shape index (κ2) is 7.04. The average molecular weight is 345 g/mol. The van der Waals surface area contributed by atoms with E-state index in [9.17, 15) is 4.39 Å². The minimum atomic E-state index is -0.178. The molecular formula is C23H20FNO. The molecule has 1 aliphatic rings. The Hall–Kier alpha value is -3.07. The van der Waals surface area contributed by atoms with E-state index >= 15 is 0 Å². The van der Waals surface area contributed by atoms with Gasteiger partial charge in [-0.05, 0) is 52.6 Å². The van der Waals surface area contributed by atoms with Crippen molar-refractivity contribution in [1.82, 2.24) is 4.90 Å². The third kappa shape index (κ3) is 3.33. The molecule has 0 spiro atoms. The maximum atomic E-state index is 14.5. The van der Waals surface area contributed by atoms with E-state index in [0.29, 0.717) is 5.56 Å². The van der Waals surface area contributed by atoms with Crippen LogP contribution in [0.3, 0.4) is 0 Å². The number of ether oxygens (including phenoxy) is 1. The fourth-order valence-electron chi connectivity index (χ4n) is 3.30. The Labute approximate surface area is 153 Å². The standard InChI is InChI=1S/C23H20FNO/c1-26-21-9-7-17(8-10-21)15-25-12-11-19-14-23(24)22(13-20(19)16-25)18-5-3-2-4-6-18/h2-14H,15-16H2,1H3. The lowest BCUT2D eigenvalue weighted by Crippen LogP contribution is -2.19. The highest BCUT2D eigenvalue weighted by atomic mass is 19.1. The summed E-state index contributed by atoms with van der Waals surface area (Å²) >= 11 is 0. The first-order chi connectivity index (χ1) is 12.7. The summed E-state index contributed by atoms with van der Waals surface area (Å²) in [5, 5.41) is 0. The summed E-state index contributed by atoms with van der Waals surface area (Å²) in [6.45, 7) is 1.57. The van der Waals surface area contributed by atoms with Gasteiger partial charge in [0.05, 0.1) is 7.11 Å². The normalized spacial score (nSPS) is 12.8. The molecule has 2 nitrogen and oxygen atoms in total. The number of hydrogen-bond donors (Lipinski definition) is 0. The zero-order valence-corrected chi connectivity index (χ0v) is 14.7. The number of methoxy groups -OCH3 is 1. The van der Waals surface area contributed by atoms with E-state index in [1.807, 2.05) is 60.8 Å². The van der Waals surface area contributed by atoms with Crippen molar-refractivity contribution in [2.75, 3.05) is 7.11 Å². The zero-order chi connectivity index (χ0) is 17.9. The Balaban J connectivity index is 1.57. The van der Waals surface area contributed by atoms with E-state index < -0.39 is 0 Å². The Morgan fingerprint density at radius 1 is 1.00 bits per heavy atom. The van der Waals surface area contributed by atoms with E-state index in [-0.39, 0.29) is 5.82 Å². The molecule has 3 aromatic carbocycles. The number of fused-ring (bicyclic) bond motifs is 1. The minimum absolute atomic E-state index is 0.178. The highest BCUT2D eigenvalue weighted by Crippen LogP contribution is 2.30. The molecule has 0 saturated carbocycles. The Bertz CT molecular complexity index is 932. The van der Waals surface area contributed by atoms with Crippen LogP contribution < -0.4 is 4.74 Å². The van der Waals surface area contributed by atoms with Crippen LogP contribution in [0.5, 0.6) is 5.75 Å². The van der Waals surface area contributed by atoms with Gasteiger partial charge in [0.2, 0.25) is 0 Å². The molecule has 130 valence electrons. The monoisotopic (exact) mass is 345 g/mol. The van der Waals surface area contributed by atoms with Gasteiger partial charge in [0.25, 0.3) is 0 Å². The largest absolute Gasteiger partial charge is 0.497 e. The maximum Gasteiger partial charge on any atom is 0.131 e. The van der Waals surface area contributed by atoms with Crippen LogP contribution in [0.15, 0.2) is 72.9 Å². The van der Waals surface area contributed by atoms with E-state index in [2.05, 4.69) is 17.0 Å². The molecule has 0 fully saturated rings. The van der Waals surface area contributed by atoms with Crippen LogP contribution in [-0.4, -0.2) is 12.0 Å². The van der Waals surface area contributed by atoms with Crippen molar-refractivity contribution in [1.29, 1.82) is 0 Å².